The average Bonchev–Trinajstić information content (AvgIpc) is 2.39. The smallest absolute Gasteiger partial charge is 0.150 e. The molecule has 0 aromatic heterocycles. The summed E-state index contributed by atoms with van der Waals surface area (Å²) in [4.78, 5) is 0.671. The second kappa shape index (κ2) is 6.19. The first kappa shape index (κ1) is 14.7. The highest BCUT2D eigenvalue weighted by Crippen LogP contribution is 2.27. The first-order chi connectivity index (χ1) is 9.51. The average molecular weight is 352 g/mol. The molecule has 0 aliphatic heterocycles. The summed E-state index contributed by atoms with van der Waals surface area (Å²) in [6, 6.07) is 10.9. The van der Waals surface area contributed by atoms with Gasteiger partial charge in [0.1, 0.15) is 11.0 Å². The van der Waals surface area contributed by atoms with Crippen molar-refractivity contribution in [3.63, 3.8) is 0 Å². The number of nitrogen functional groups attached to an aromatic ring is 1. The number of benzene rings is 2. The number of anilines is 2. The van der Waals surface area contributed by atoms with E-state index in [0.717, 1.165) is 16.3 Å². The van der Waals surface area contributed by atoms with Crippen molar-refractivity contribution in [1.82, 2.24) is 0 Å². The lowest BCUT2D eigenvalue weighted by Gasteiger charge is -2.11. The molecule has 1 unspecified atom stereocenters. The lowest BCUT2D eigenvalue weighted by molar-refractivity contribution is 0.686. The molecule has 4 nitrogen and oxygen atoms in total. The number of nitrogens with two attached hydrogens (primary N) is 1. The number of hydrogen-bond acceptors (Lipinski definition) is 3. The second-order valence-electron chi connectivity index (χ2n) is 4.28. The summed E-state index contributed by atoms with van der Waals surface area (Å²) < 4.78 is 15.9. The van der Waals surface area contributed by atoms with Gasteiger partial charge in [-0.3, -0.25) is 0 Å². The largest absolute Gasteiger partial charge is 0.398 e. The first-order valence-electron chi connectivity index (χ1n) is 5.86. The van der Waals surface area contributed by atoms with Crippen LogP contribution in [0.2, 0.25) is 0 Å². The van der Waals surface area contributed by atoms with Gasteiger partial charge in [-0.05, 0) is 31.2 Å². The van der Waals surface area contributed by atoms with Crippen LogP contribution in [0.15, 0.2) is 45.8 Å². The molecule has 6 heteroatoms. The Morgan fingerprint density at radius 3 is 2.55 bits per heavy atom. The van der Waals surface area contributed by atoms with Crippen molar-refractivity contribution in [2.24, 2.45) is 0 Å². The van der Waals surface area contributed by atoms with Crippen LogP contribution < -0.4 is 10.5 Å². The lowest BCUT2D eigenvalue weighted by Crippen LogP contribution is -2.08. The van der Waals surface area contributed by atoms with E-state index >= 15 is 0 Å². The Morgan fingerprint density at radius 1 is 1.30 bits per heavy atom. The SMILES string of the molecule is Cc1ccc(S(=O)Nc2cc(Br)cc(N)c2C=N)cc1. The van der Waals surface area contributed by atoms with Gasteiger partial charge >= 0.3 is 0 Å². The minimum absolute atomic E-state index is 0.456. The third-order valence-electron chi connectivity index (χ3n) is 2.76. The molecule has 0 saturated heterocycles. The van der Waals surface area contributed by atoms with Crippen LogP contribution in [0.1, 0.15) is 11.1 Å². The third kappa shape index (κ3) is 3.26. The predicted molar refractivity (Wildman–Crippen MR) is 87.7 cm³/mol. The molecule has 20 heavy (non-hydrogen) atoms. The molecule has 0 amide bonds. The van der Waals surface area contributed by atoms with Gasteiger partial charge < -0.3 is 15.9 Å². The summed E-state index contributed by atoms with van der Waals surface area (Å²) in [6.07, 6.45) is 1.15. The van der Waals surface area contributed by atoms with Crippen molar-refractivity contribution >= 4 is 44.5 Å². The van der Waals surface area contributed by atoms with Gasteiger partial charge in [0.2, 0.25) is 0 Å². The molecule has 0 saturated carbocycles. The molecule has 4 N–H and O–H groups in total. The molecular formula is C14H14BrN3OS. The Labute approximate surface area is 128 Å². The fourth-order valence-electron chi connectivity index (χ4n) is 1.71. The maximum atomic E-state index is 12.3. The normalized spacial score (nSPS) is 11.9. The topological polar surface area (TPSA) is 79.0 Å². The molecule has 0 radical (unpaired) electrons. The summed E-state index contributed by atoms with van der Waals surface area (Å²) in [5.74, 6) is 0. The lowest BCUT2D eigenvalue weighted by atomic mass is 10.1. The quantitative estimate of drug-likeness (QED) is 0.582. The Morgan fingerprint density at radius 2 is 1.95 bits per heavy atom. The molecule has 2 rings (SSSR count). The highest BCUT2D eigenvalue weighted by molar-refractivity contribution is 9.10. The first-order valence-corrected chi connectivity index (χ1v) is 7.80. The van der Waals surface area contributed by atoms with Crippen LogP contribution in [0.4, 0.5) is 11.4 Å². The fraction of sp³-hybridized carbons (Fsp3) is 0.0714. The Bertz CT molecular complexity index is 671. The third-order valence-corrected chi connectivity index (χ3v) is 4.32. The second-order valence-corrected chi connectivity index (χ2v) is 6.41. The van der Waals surface area contributed by atoms with Crippen molar-refractivity contribution in [2.45, 2.75) is 11.8 Å². The van der Waals surface area contributed by atoms with Crippen molar-refractivity contribution in [3.05, 3.63) is 52.0 Å². The molecular weight excluding hydrogens is 338 g/mol. The molecule has 104 valence electrons. The van der Waals surface area contributed by atoms with E-state index < -0.39 is 11.0 Å². The van der Waals surface area contributed by atoms with E-state index in [2.05, 4.69) is 20.7 Å². The van der Waals surface area contributed by atoms with E-state index in [0.29, 0.717) is 21.8 Å². The van der Waals surface area contributed by atoms with Gasteiger partial charge in [0.05, 0.1) is 10.6 Å². The van der Waals surface area contributed by atoms with Crippen molar-refractivity contribution in [3.8, 4) is 0 Å². The molecule has 2 aromatic carbocycles. The van der Waals surface area contributed by atoms with Crippen molar-refractivity contribution in [1.29, 1.82) is 5.41 Å². The number of aryl methyl sites for hydroxylation is 1. The van der Waals surface area contributed by atoms with Gasteiger partial charge in [-0.1, -0.05) is 33.6 Å². The number of hydrogen-bond donors (Lipinski definition) is 3. The number of nitrogens with one attached hydrogen (secondary N) is 2. The Balaban J connectivity index is 2.32. The summed E-state index contributed by atoms with van der Waals surface area (Å²) in [5.41, 5.74) is 8.49. The van der Waals surface area contributed by atoms with E-state index in [1.807, 2.05) is 31.2 Å². The highest BCUT2D eigenvalue weighted by Gasteiger charge is 2.10. The van der Waals surface area contributed by atoms with Gasteiger partial charge in [-0.25, -0.2) is 4.21 Å². The van der Waals surface area contributed by atoms with Gasteiger partial charge in [-0.2, -0.15) is 0 Å². The molecule has 0 spiro atoms. The van der Waals surface area contributed by atoms with E-state index in [4.69, 9.17) is 11.1 Å². The zero-order valence-corrected chi connectivity index (χ0v) is 13.2. The highest BCUT2D eigenvalue weighted by atomic mass is 79.9. The fourth-order valence-corrected chi connectivity index (χ4v) is 3.05. The Hall–Kier alpha value is -1.66. The van der Waals surface area contributed by atoms with Gasteiger partial charge in [0.25, 0.3) is 0 Å². The summed E-state index contributed by atoms with van der Waals surface area (Å²) in [5, 5.41) is 7.41. The standard InChI is InChI=1S/C14H14BrN3OS/c1-9-2-4-11(5-3-9)20(19)18-14-7-10(15)6-13(17)12(14)8-16/h2-8,16,18H,17H2,1H3. The summed E-state index contributed by atoms with van der Waals surface area (Å²) >= 11 is 3.34. The Kier molecular flexibility index (Phi) is 4.57. The van der Waals surface area contributed by atoms with Gasteiger partial charge in [0.15, 0.2) is 0 Å². The van der Waals surface area contributed by atoms with Crippen LogP contribution in [-0.4, -0.2) is 10.4 Å². The molecule has 0 heterocycles. The van der Waals surface area contributed by atoms with Crippen LogP contribution in [-0.2, 0) is 11.0 Å². The van der Waals surface area contributed by atoms with Gasteiger partial charge in [0, 0.05) is 21.9 Å². The molecule has 1 atom stereocenters. The van der Waals surface area contributed by atoms with E-state index in [1.165, 1.54) is 0 Å². The van der Waals surface area contributed by atoms with Gasteiger partial charge in [-0.15, -0.1) is 0 Å². The van der Waals surface area contributed by atoms with Crippen molar-refractivity contribution < 1.29 is 4.21 Å². The maximum Gasteiger partial charge on any atom is 0.150 e. The van der Waals surface area contributed by atoms with Crippen LogP contribution in [0, 0.1) is 12.3 Å². The van der Waals surface area contributed by atoms with Crippen LogP contribution in [0.5, 0.6) is 0 Å². The van der Waals surface area contributed by atoms with E-state index in [-0.39, 0.29) is 0 Å². The van der Waals surface area contributed by atoms with E-state index in [9.17, 15) is 4.21 Å². The molecule has 0 aliphatic rings. The maximum absolute atomic E-state index is 12.3. The predicted octanol–water partition coefficient (Wildman–Crippen LogP) is 3.47. The molecule has 2 aromatic rings. The monoisotopic (exact) mass is 351 g/mol. The summed E-state index contributed by atoms with van der Waals surface area (Å²) in [7, 11) is -1.40. The number of rotatable bonds is 4. The molecule has 0 aliphatic carbocycles. The minimum Gasteiger partial charge on any atom is -0.398 e. The van der Waals surface area contributed by atoms with Crippen LogP contribution in [0.3, 0.4) is 0 Å². The number of halogens is 1. The molecule has 0 fully saturated rings. The van der Waals surface area contributed by atoms with Crippen molar-refractivity contribution in [2.75, 3.05) is 10.5 Å². The van der Waals surface area contributed by atoms with E-state index in [1.54, 1.807) is 12.1 Å². The summed E-state index contributed by atoms with van der Waals surface area (Å²) in [6.45, 7) is 1.97. The zero-order chi connectivity index (χ0) is 14.7. The van der Waals surface area contributed by atoms with Crippen LogP contribution in [0.25, 0.3) is 0 Å². The van der Waals surface area contributed by atoms with Crippen LogP contribution >= 0.6 is 15.9 Å². The minimum atomic E-state index is -1.40. The zero-order valence-electron chi connectivity index (χ0n) is 10.8. The molecule has 0 bridgehead atoms.